The number of halogens is 1. The molecule has 36 heavy (non-hydrogen) atoms. The average molecular weight is 498 g/mol. The van der Waals surface area contributed by atoms with Crippen LogP contribution in [0.1, 0.15) is 27.0 Å². The van der Waals surface area contributed by atoms with Crippen LogP contribution in [-0.2, 0) is 13.2 Å². The SMILES string of the molecule is O=C(c1ccc(CN2CCN(c3ccc(Cl)cc3)CC2)cc1)c1ccc(OCc2ccncc2)cc1. The van der Waals surface area contributed by atoms with Gasteiger partial charge in [0.05, 0.1) is 0 Å². The van der Waals surface area contributed by atoms with Crippen molar-refractivity contribution in [1.82, 2.24) is 9.88 Å². The van der Waals surface area contributed by atoms with Crippen molar-refractivity contribution in [2.75, 3.05) is 31.1 Å². The summed E-state index contributed by atoms with van der Waals surface area (Å²) in [5, 5.41) is 0.766. The number of anilines is 1. The highest BCUT2D eigenvalue weighted by atomic mass is 35.5. The zero-order valence-electron chi connectivity index (χ0n) is 20.0. The fourth-order valence-electron chi connectivity index (χ4n) is 4.35. The average Bonchev–Trinajstić information content (AvgIpc) is 2.94. The Morgan fingerprint density at radius 2 is 1.36 bits per heavy atom. The molecule has 1 aliphatic heterocycles. The molecule has 0 spiro atoms. The summed E-state index contributed by atoms with van der Waals surface area (Å²) in [7, 11) is 0. The van der Waals surface area contributed by atoms with Gasteiger partial charge in [0.2, 0.25) is 0 Å². The van der Waals surface area contributed by atoms with Gasteiger partial charge in [0.1, 0.15) is 12.4 Å². The molecular weight excluding hydrogens is 470 g/mol. The highest BCUT2D eigenvalue weighted by Gasteiger charge is 2.17. The van der Waals surface area contributed by atoms with E-state index in [4.69, 9.17) is 16.3 Å². The molecule has 4 aromatic rings. The van der Waals surface area contributed by atoms with Crippen LogP contribution < -0.4 is 9.64 Å². The van der Waals surface area contributed by atoms with Crippen molar-refractivity contribution in [1.29, 1.82) is 0 Å². The van der Waals surface area contributed by atoms with Crippen molar-refractivity contribution in [3.63, 3.8) is 0 Å². The Labute approximate surface area is 216 Å². The first-order chi connectivity index (χ1) is 17.6. The van der Waals surface area contributed by atoms with Crippen LogP contribution in [0, 0.1) is 0 Å². The second-order valence-corrected chi connectivity index (χ2v) is 9.37. The number of carbonyl (C=O) groups is 1. The molecule has 1 aliphatic rings. The first-order valence-electron chi connectivity index (χ1n) is 12.1. The zero-order chi connectivity index (χ0) is 24.7. The maximum atomic E-state index is 13.0. The van der Waals surface area contributed by atoms with Gasteiger partial charge >= 0.3 is 0 Å². The van der Waals surface area contributed by atoms with Crippen molar-refractivity contribution in [3.05, 3.63) is 125 Å². The fraction of sp³-hybridized carbons (Fsp3) is 0.200. The molecule has 0 amide bonds. The molecule has 3 aromatic carbocycles. The van der Waals surface area contributed by atoms with E-state index in [1.54, 1.807) is 12.4 Å². The van der Waals surface area contributed by atoms with Crippen molar-refractivity contribution >= 4 is 23.1 Å². The van der Waals surface area contributed by atoms with E-state index in [9.17, 15) is 4.79 Å². The van der Waals surface area contributed by atoms with Crippen LogP contribution in [0.15, 0.2) is 97.3 Å². The topological polar surface area (TPSA) is 45.7 Å². The Kier molecular flexibility index (Phi) is 7.60. The van der Waals surface area contributed by atoms with Gasteiger partial charge in [-0.05, 0) is 71.8 Å². The number of aromatic nitrogens is 1. The van der Waals surface area contributed by atoms with E-state index in [1.807, 2.05) is 60.7 Å². The summed E-state index contributed by atoms with van der Waals surface area (Å²) in [4.78, 5) is 21.8. The van der Waals surface area contributed by atoms with E-state index in [2.05, 4.69) is 39.0 Å². The lowest BCUT2D eigenvalue weighted by atomic mass is 10.0. The largest absolute Gasteiger partial charge is 0.489 e. The molecule has 0 radical (unpaired) electrons. The maximum Gasteiger partial charge on any atom is 0.193 e. The summed E-state index contributed by atoms with van der Waals surface area (Å²) in [5.74, 6) is 0.744. The molecule has 1 aromatic heterocycles. The third-order valence-electron chi connectivity index (χ3n) is 6.46. The Balaban J connectivity index is 1.12. The van der Waals surface area contributed by atoms with Gasteiger partial charge in [0, 0.05) is 67.0 Å². The molecule has 0 saturated carbocycles. The molecule has 0 aliphatic carbocycles. The van der Waals surface area contributed by atoms with Crippen molar-refractivity contribution in [3.8, 4) is 5.75 Å². The first kappa shape index (κ1) is 24.0. The Morgan fingerprint density at radius 1 is 0.750 bits per heavy atom. The predicted molar refractivity (Wildman–Crippen MR) is 144 cm³/mol. The number of benzene rings is 3. The van der Waals surface area contributed by atoms with Gasteiger partial charge < -0.3 is 9.64 Å². The van der Waals surface area contributed by atoms with E-state index in [-0.39, 0.29) is 5.78 Å². The number of ketones is 1. The van der Waals surface area contributed by atoms with Crippen LogP contribution in [0.4, 0.5) is 5.69 Å². The summed E-state index contributed by atoms with van der Waals surface area (Å²) in [6.45, 7) is 5.32. The molecule has 182 valence electrons. The molecule has 1 fully saturated rings. The number of nitrogens with zero attached hydrogens (tertiary/aromatic N) is 3. The minimum atomic E-state index is 0.0128. The Morgan fingerprint density at radius 3 is 2.00 bits per heavy atom. The van der Waals surface area contributed by atoms with Crippen LogP contribution >= 0.6 is 11.6 Å². The van der Waals surface area contributed by atoms with Gasteiger partial charge in [0.25, 0.3) is 0 Å². The summed E-state index contributed by atoms with van der Waals surface area (Å²) in [6, 6.07) is 27.2. The minimum absolute atomic E-state index is 0.0128. The van der Waals surface area contributed by atoms with Crippen molar-refractivity contribution < 1.29 is 9.53 Å². The molecular formula is C30H28ClN3O2. The van der Waals surface area contributed by atoms with E-state index < -0.39 is 0 Å². The molecule has 2 heterocycles. The second-order valence-electron chi connectivity index (χ2n) is 8.93. The lowest BCUT2D eigenvalue weighted by molar-refractivity contribution is 0.103. The number of rotatable bonds is 8. The summed E-state index contributed by atoms with van der Waals surface area (Å²) >= 11 is 6.01. The maximum absolute atomic E-state index is 13.0. The monoisotopic (exact) mass is 497 g/mol. The van der Waals surface area contributed by atoms with E-state index in [0.29, 0.717) is 17.7 Å². The summed E-state index contributed by atoms with van der Waals surface area (Å²) in [6.07, 6.45) is 3.49. The lowest BCUT2D eigenvalue weighted by Crippen LogP contribution is -2.45. The predicted octanol–water partition coefficient (Wildman–Crippen LogP) is 5.87. The van der Waals surface area contributed by atoms with Gasteiger partial charge in [-0.15, -0.1) is 0 Å². The van der Waals surface area contributed by atoms with Crippen LogP contribution in [0.2, 0.25) is 5.02 Å². The Hall–Kier alpha value is -3.67. The second kappa shape index (κ2) is 11.4. The number of carbonyl (C=O) groups excluding carboxylic acids is 1. The first-order valence-corrected chi connectivity index (χ1v) is 12.5. The van der Waals surface area contributed by atoms with Crippen LogP contribution in [0.3, 0.4) is 0 Å². The molecule has 5 rings (SSSR count). The fourth-order valence-corrected chi connectivity index (χ4v) is 4.48. The molecule has 0 bridgehead atoms. The number of hydrogen-bond acceptors (Lipinski definition) is 5. The lowest BCUT2D eigenvalue weighted by Gasteiger charge is -2.36. The van der Waals surface area contributed by atoms with Crippen molar-refractivity contribution in [2.45, 2.75) is 13.2 Å². The minimum Gasteiger partial charge on any atom is -0.489 e. The van der Waals surface area contributed by atoms with Gasteiger partial charge in [-0.3, -0.25) is 14.7 Å². The molecule has 1 saturated heterocycles. The third kappa shape index (κ3) is 6.11. The highest BCUT2D eigenvalue weighted by Crippen LogP contribution is 2.21. The number of ether oxygens (including phenoxy) is 1. The number of hydrogen-bond donors (Lipinski definition) is 0. The van der Waals surface area contributed by atoms with Crippen LogP contribution in [0.25, 0.3) is 0 Å². The van der Waals surface area contributed by atoms with Gasteiger partial charge in [0.15, 0.2) is 5.78 Å². The number of piperazine rings is 1. The molecule has 6 heteroatoms. The molecule has 0 N–H and O–H groups in total. The van der Waals surface area contributed by atoms with E-state index in [1.165, 1.54) is 11.3 Å². The number of pyridine rings is 1. The van der Waals surface area contributed by atoms with Crippen LogP contribution in [-0.4, -0.2) is 41.8 Å². The molecule has 0 atom stereocenters. The van der Waals surface area contributed by atoms with Gasteiger partial charge in [-0.25, -0.2) is 0 Å². The summed E-state index contributed by atoms with van der Waals surface area (Å²) in [5.41, 5.74) is 4.82. The van der Waals surface area contributed by atoms with Crippen LogP contribution in [0.5, 0.6) is 5.75 Å². The standard InChI is InChI=1S/C30H28ClN3O2/c31-27-7-9-28(10-8-27)34-19-17-33(18-20-34)21-23-1-3-25(4-2-23)30(35)26-5-11-29(12-6-26)36-22-24-13-15-32-16-14-24/h1-16H,17-22H2. The third-order valence-corrected chi connectivity index (χ3v) is 6.71. The van der Waals surface area contributed by atoms with Gasteiger partial charge in [-0.2, -0.15) is 0 Å². The quantitative estimate of drug-likeness (QED) is 0.285. The zero-order valence-corrected chi connectivity index (χ0v) is 20.8. The Bertz CT molecular complexity index is 1270. The summed E-state index contributed by atoms with van der Waals surface area (Å²) < 4.78 is 5.80. The van der Waals surface area contributed by atoms with E-state index in [0.717, 1.165) is 49.1 Å². The van der Waals surface area contributed by atoms with Crippen molar-refractivity contribution in [2.24, 2.45) is 0 Å². The van der Waals surface area contributed by atoms with Gasteiger partial charge in [-0.1, -0.05) is 35.9 Å². The molecule has 5 nitrogen and oxygen atoms in total. The normalized spacial score (nSPS) is 14.0. The molecule has 0 unspecified atom stereocenters. The van der Waals surface area contributed by atoms with E-state index >= 15 is 0 Å². The highest BCUT2D eigenvalue weighted by molar-refractivity contribution is 6.30. The smallest absolute Gasteiger partial charge is 0.193 e.